The van der Waals surface area contributed by atoms with Crippen LogP contribution in [0.15, 0.2) is 24.3 Å². The topological polar surface area (TPSA) is 98.3 Å². The van der Waals surface area contributed by atoms with Gasteiger partial charge in [0.1, 0.15) is 0 Å². The molecule has 0 radical (unpaired) electrons. The van der Waals surface area contributed by atoms with Gasteiger partial charge >= 0.3 is 0 Å². The van der Waals surface area contributed by atoms with Gasteiger partial charge in [-0.2, -0.15) is 0 Å². The van der Waals surface area contributed by atoms with Crippen LogP contribution in [0.2, 0.25) is 15.1 Å². The van der Waals surface area contributed by atoms with E-state index in [9.17, 15) is 20.2 Å². The summed E-state index contributed by atoms with van der Waals surface area (Å²) in [4.78, 5) is 21.3. The lowest BCUT2D eigenvalue weighted by atomic mass is 10.1. The number of nitro benzene ring substituents is 2. The van der Waals surface area contributed by atoms with Crippen LogP contribution in [0.3, 0.4) is 0 Å². The van der Waals surface area contributed by atoms with Crippen molar-refractivity contribution in [1.29, 1.82) is 0 Å². The smallest absolute Gasteiger partial charge is 0.300 e. The van der Waals surface area contributed by atoms with E-state index in [0.717, 1.165) is 0 Å². The number of hydrogen-bond donors (Lipinski definition) is 1. The molecule has 126 valence electrons. The molecule has 2 aromatic rings. The van der Waals surface area contributed by atoms with Crippen molar-refractivity contribution in [3.8, 4) is 0 Å². The number of halogens is 3. The fraction of sp³-hybridized carbons (Fsp3) is 0.143. The van der Waals surface area contributed by atoms with E-state index in [1.165, 1.54) is 24.3 Å². The maximum Gasteiger partial charge on any atom is 0.300 e. The standard InChI is InChI=1S/C14H10Cl3N3O4/c1-2-7-3-11(19(21)22)14(12(4-7)20(23)24)18-13-9(16)5-8(15)6-10(13)17/h3-6,18H,2H2,1H3. The Labute approximate surface area is 151 Å². The lowest BCUT2D eigenvalue weighted by Crippen LogP contribution is -2.04. The molecule has 0 atom stereocenters. The van der Waals surface area contributed by atoms with Crippen molar-refractivity contribution >= 4 is 57.6 Å². The molecule has 2 aromatic carbocycles. The van der Waals surface area contributed by atoms with Crippen LogP contribution in [0.5, 0.6) is 0 Å². The third-order valence-electron chi connectivity index (χ3n) is 3.22. The number of anilines is 2. The number of nitrogens with zero attached hydrogens (tertiary/aromatic N) is 2. The molecule has 0 saturated carbocycles. The van der Waals surface area contributed by atoms with Crippen LogP contribution in [0.25, 0.3) is 0 Å². The van der Waals surface area contributed by atoms with Gasteiger partial charge in [-0.25, -0.2) is 0 Å². The average Bonchev–Trinajstić information content (AvgIpc) is 2.49. The highest BCUT2D eigenvalue weighted by molar-refractivity contribution is 6.42. The summed E-state index contributed by atoms with van der Waals surface area (Å²) in [6, 6.07) is 5.28. The summed E-state index contributed by atoms with van der Waals surface area (Å²) in [5.74, 6) is 0. The zero-order valence-corrected chi connectivity index (χ0v) is 14.4. The third kappa shape index (κ3) is 3.69. The Bertz CT molecular complexity index is 784. The molecule has 0 unspecified atom stereocenters. The molecule has 0 saturated heterocycles. The minimum absolute atomic E-state index is 0.0793. The molecule has 10 heteroatoms. The van der Waals surface area contributed by atoms with Crippen molar-refractivity contribution < 1.29 is 9.85 Å². The molecular weight excluding hydrogens is 381 g/mol. The molecule has 0 spiro atoms. The van der Waals surface area contributed by atoms with Crippen LogP contribution in [0, 0.1) is 20.2 Å². The van der Waals surface area contributed by atoms with Gasteiger partial charge < -0.3 is 5.32 Å². The summed E-state index contributed by atoms with van der Waals surface area (Å²) in [7, 11) is 0. The van der Waals surface area contributed by atoms with E-state index in [4.69, 9.17) is 34.8 Å². The SMILES string of the molecule is CCc1cc([N+](=O)[O-])c(Nc2c(Cl)cc(Cl)cc2Cl)c([N+](=O)[O-])c1. The minimum Gasteiger partial charge on any atom is -0.342 e. The van der Waals surface area contributed by atoms with Crippen molar-refractivity contribution in [2.75, 3.05) is 5.32 Å². The summed E-state index contributed by atoms with van der Waals surface area (Å²) in [6.07, 6.45) is 0.407. The lowest BCUT2D eigenvalue weighted by Gasteiger charge is -2.12. The Hall–Kier alpha value is -2.09. The van der Waals surface area contributed by atoms with Crippen LogP contribution in [-0.2, 0) is 6.42 Å². The first kappa shape index (κ1) is 18.3. The van der Waals surface area contributed by atoms with Crippen LogP contribution in [0.4, 0.5) is 22.7 Å². The van der Waals surface area contributed by atoms with Gasteiger partial charge in [-0.05, 0) is 24.1 Å². The van der Waals surface area contributed by atoms with Gasteiger partial charge in [0.05, 0.1) is 25.6 Å². The highest BCUT2D eigenvalue weighted by Gasteiger charge is 2.28. The van der Waals surface area contributed by atoms with Gasteiger partial charge in [0.15, 0.2) is 5.69 Å². The first-order valence-electron chi connectivity index (χ1n) is 6.61. The highest BCUT2D eigenvalue weighted by Crippen LogP contribution is 2.42. The van der Waals surface area contributed by atoms with Crippen LogP contribution >= 0.6 is 34.8 Å². The second-order valence-corrected chi connectivity index (χ2v) is 6.00. The van der Waals surface area contributed by atoms with E-state index >= 15 is 0 Å². The van der Waals surface area contributed by atoms with Gasteiger partial charge in [0.2, 0.25) is 0 Å². The number of hydrogen-bond acceptors (Lipinski definition) is 5. The molecule has 7 nitrogen and oxygen atoms in total. The molecule has 24 heavy (non-hydrogen) atoms. The van der Waals surface area contributed by atoms with Crippen LogP contribution in [0.1, 0.15) is 12.5 Å². The number of benzene rings is 2. The summed E-state index contributed by atoms with van der Waals surface area (Å²) in [5, 5.41) is 25.7. The molecule has 0 amide bonds. The molecule has 0 fully saturated rings. The van der Waals surface area contributed by atoms with Gasteiger partial charge in [-0.3, -0.25) is 20.2 Å². The normalized spacial score (nSPS) is 10.5. The van der Waals surface area contributed by atoms with Gasteiger partial charge in [0.25, 0.3) is 11.4 Å². The molecule has 0 aliphatic heterocycles. The minimum atomic E-state index is -0.702. The summed E-state index contributed by atoms with van der Waals surface area (Å²) >= 11 is 17.9. The molecule has 0 aromatic heterocycles. The fourth-order valence-corrected chi connectivity index (χ4v) is 2.99. The second-order valence-electron chi connectivity index (χ2n) is 4.75. The monoisotopic (exact) mass is 389 g/mol. The molecule has 2 rings (SSSR count). The van der Waals surface area contributed by atoms with Crippen molar-refractivity contribution in [2.24, 2.45) is 0 Å². The lowest BCUT2D eigenvalue weighted by molar-refractivity contribution is -0.392. The molecule has 0 aliphatic carbocycles. The van der Waals surface area contributed by atoms with Crippen molar-refractivity contribution in [2.45, 2.75) is 13.3 Å². The second kappa shape index (κ2) is 7.21. The highest BCUT2D eigenvalue weighted by atomic mass is 35.5. The molecule has 0 aliphatic rings. The van der Waals surface area contributed by atoms with E-state index in [2.05, 4.69) is 5.32 Å². The predicted octanol–water partition coefficient (Wildman–Crippen LogP) is 5.77. The Morgan fingerprint density at radius 2 is 1.38 bits per heavy atom. The zero-order chi connectivity index (χ0) is 18.0. The summed E-state index contributed by atoms with van der Waals surface area (Å²) in [6.45, 7) is 1.74. The maximum absolute atomic E-state index is 11.3. The van der Waals surface area contributed by atoms with Gasteiger partial charge in [-0.1, -0.05) is 41.7 Å². The van der Waals surface area contributed by atoms with Crippen molar-refractivity contribution in [1.82, 2.24) is 0 Å². The Kier molecular flexibility index (Phi) is 5.48. The number of nitro groups is 2. The first-order valence-corrected chi connectivity index (χ1v) is 7.75. The Morgan fingerprint density at radius 3 is 1.75 bits per heavy atom. The maximum atomic E-state index is 11.3. The van der Waals surface area contributed by atoms with E-state index in [0.29, 0.717) is 12.0 Å². The average molecular weight is 391 g/mol. The van der Waals surface area contributed by atoms with Gasteiger partial charge in [0, 0.05) is 17.2 Å². The van der Waals surface area contributed by atoms with E-state index in [1.807, 2.05) is 0 Å². The van der Waals surface area contributed by atoms with Gasteiger partial charge in [-0.15, -0.1) is 0 Å². The number of aryl methyl sites for hydroxylation is 1. The van der Waals surface area contributed by atoms with Crippen molar-refractivity contribution in [3.05, 3.63) is 65.1 Å². The Balaban J connectivity index is 2.69. The third-order valence-corrected chi connectivity index (χ3v) is 4.03. The zero-order valence-electron chi connectivity index (χ0n) is 12.2. The molecular formula is C14H10Cl3N3O4. The largest absolute Gasteiger partial charge is 0.342 e. The van der Waals surface area contributed by atoms with E-state index in [1.54, 1.807) is 6.92 Å². The molecule has 0 bridgehead atoms. The number of rotatable bonds is 5. The summed E-state index contributed by atoms with van der Waals surface area (Å²) in [5.41, 5.74) is -0.620. The fourth-order valence-electron chi connectivity index (χ4n) is 2.08. The molecule has 1 N–H and O–H groups in total. The predicted molar refractivity (Wildman–Crippen MR) is 93.9 cm³/mol. The summed E-state index contributed by atoms with van der Waals surface area (Å²) < 4.78 is 0. The van der Waals surface area contributed by atoms with Crippen LogP contribution < -0.4 is 5.32 Å². The Morgan fingerprint density at radius 1 is 0.917 bits per heavy atom. The van der Waals surface area contributed by atoms with E-state index in [-0.39, 0.29) is 26.4 Å². The molecule has 0 heterocycles. The first-order chi connectivity index (χ1) is 11.2. The van der Waals surface area contributed by atoms with Crippen molar-refractivity contribution in [3.63, 3.8) is 0 Å². The van der Waals surface area contributed by atoms with E-state index < -0.39 is 21.2 Å². The van der Waals surface area contributed by atoms with Crippen LogP contribution in [-0.4, -0.2) is 9.85 Å². The number of nitrogens with one attached hydrogen (secondary N) is 1. The quantitative estimate of drug-likeness (QED) is 0.516.